The van der Waals surface area contributed by atoms with E-state index in [0.29, 0.717) is 6.61 Å². The van der Waals surface area contributed by atoms with E-state index in [9.17, 15) is 4.79 Å². The van der Waals surface area contributed by atoms with Crippen molar-refractivity contribution >= 4 is 17.3 Å². The minimum absolute atomic E-state index is 0.224. The molecule has 6 heteroatoms. The van der Waals surface area contributed by atoms with Gasteiger partial charge in [0.05, 0.1) is 36.9 Å². The fourth-order valence-corrected chi connectivity index (χ4v) is 2.30. The molecule has 2 heterocycles. The molecule has 2 aromatic rings. The summed E-state index contributed by atoms with van der Waals surface area (Å²) in [6.07, 6.45) is 3.71. The number of thiazole rings is 1. The Balaban J connectivity index is 2.11. The van der Waals surface area contributed by atoms with Gasteiger partial charge in [-0.15, -0.1) is 11.3 Å². The van der Waals surface area contributed by atoms with Crippen LogP contribution < -0.4 is 0 Å². The molecule has 17 heavy (non-hydrogen) atoms. The highest BCUT2D eigenvalue weighted by molar-refractivity contribution is 7.13. The highest BCUT2D eigenvalue weighted by atomic mass is 32.1. The number of aryl methyl sites for hydroxylation is 1. The lowest BCUT2D eigenvalue weighted by Gasteiger charge is -1.98. The first-order valence-electron chi connectivity index (χ1n) is 5.27. The third-order valence-corrected chi connectivity index (χ3v) is 3.13. The number of aromatic nitrogens is 3. The molecule has 0 atom stereocenters. The summed E-state index contributed by atoms with van der Waals surface area (Å²) in [5, 5.41) is 2.74. The van der Waals surface area contributed by atoms with Crippen LogP contribution in [0.3, 0.4) is 0 Å². The molecule has 0 bridgehead atoms. The van der Waals surface area contributed by atoms with Crippen LogP contribution in [-0.4, -0.2) is 27.1 Å². The van der Waals surface area contributed by atoms with Crippen LogP contribution in [0.4, 0.5) is 0 Å². The van der Waals surface area contributed by atoms with Crippen LogP contribution in [0.25, 0.3) is 10.7 Å². The zero-order chi connectivity index (χ0) is 12.3. The Labute approximate surface area is 103 Å². The number of esters is 1. The second-order valence-corrected chi connectivity index (χ2v) is 4.37. The molecule has 0 amide bonds. The second kappa shape index (κ2) is 5.09. The largest absolute Gasteiger partial charge is 0.466 e. The number of imidazole rings is 1. The molecule has 0 aliphatic heterocycles. The number of carbonyl (C=O) groups excluding carboxylic acids is 1. The van der Waals surface area contributed by atoms with E-state index in [1.54, 1.807) is 19.4 Å². The van der Waals surface area contributed by atoms with Gasteiger partial charge in [0.2, 0.25) is 0 Å². The maximum Gasteiger partial charge on any atom is 0.311 e. The monoisotopic (exact) mass is 251 g/mol. The fraction of sp³-hybridized carbons (Fsp3) is 0.364. The summed E-state index contributed by atoms with van der Waals surface area (Å²) in [7, 11) is 1.91. The summed E-state index contributed by atoms with van der Waals surface area (Å²) in [5.74, 6) is -0.241. The van der Waals surface area contributed by atoms with Crippen LogP contribution in [0.2, 0.25) is 0 Å². The Morgan fingerprint density at radius 1 is 1.59 bits per heavy atom. The molecule has 2 rings (SSSR count). The van der Waals surface area contributed by atoms with Gasteiger partial charge < -0.3 is 9.30 Å². The van der Waals surface area contributed by atoms with E-state index in [-0.39, 0.29) is 12.4 Å². The summed E-state index contributed by atoms with van der Waals surface area (Å²) < 4.78 is 6.77. The SMILES string of the molecule is CCOC(=O)Cc1csc(-c2cncn2C)n1. The van der Waals surface area contributed by atoms with Gasteiger partial charge in [-0.3, -0.25) is 4.79 Å². The topological polar surface area (TPSA) is 57.0 Å². The lowest BCUT2D eigenvalue weighted by atomic mass is 10.3. The van der Waals surface area contributed by atoms with Gasteiger partial charge in [0.1, 0.15) is 5.01 Å². The van der Waals surface area contributed by atoms with Crippen LogP contribution >= 0.6 is 11.3 Å². The molecular weight excluding hydrogens is 238 g/mol. The highest BCUT2D eigenvalue weighted by Crippen LogP contribution is 2.22. The van der Waals surface area contributed by atoms with E-state index >= 15 is 0 Å². The summed E-state index contributed by atoms with van der Waals surface area (Å²) in [6, 6.07) is 0. The number of nitrogens with zero attached hydrogens (tertiary/aromatic N) is 3. The quantitative estimate of drug-likeness (QED) is 0.775. The first kappa shape index (κ1) is 11.8. The summed E-state index contributed by atoms with van der Waals surface area (Å²) in [5.41, 5.74) is 1.69. The normalized spacial score (nSPS) is 10.5. The van der Waals surface area contributed by atoms with Crippen molar-refractivity contribution in [3.63, 3.8) is 0 Å². The third-order valence-electron chi connectivity index (χ3n) is 2.22. The lowest BCUT2D eigenvalue weighted by molar-refractivity contribution is -0.142. The Morgan fingerprint density at radius 3 is 3.06 bits per heavy atom. The van der Waals surface area contributed by atoms with Gasteiger partial charge in [-0.25, -0.2) is 9.97 Å². The molecule has 0 aliphatic carbocycles. The van der Waals surface area contributed by atoms with Gasteiger partial charge in [0, 0.05) is 12.4 Å². The maximum absolute atomic E-state index is 11.3. The molecule has 0 saturated carbocycles. The zero-order valence-corrected chi connectivity index (χ0v) is 10.5. The smallest absolute Gasteiger partial charge is 0.311 e. The van der Waals surface area contributed by atoms with E-state index in [4.69, 9.17) is 4.74 Å². The van der Waals surface area contributed by atoms with E-state index in [2.05, 4.69) is 9.97 Å². The summed E-state index contributed by atoms with van der Waals surface area (Å²) >= 11 is 1.50. The molecule has 0 aromatic carbocycles. The maximum atomic E-state index is 11.3. The average molecular weight is 251 g/mol. The first-order chi connectivity index (χ1) is 8.20. The van der Waals surface area contributed by atoms with Gasteiger partial charge in [-0.1, -0.05) is 0 Å². The molecule has 0 spiro atoms. The number of ether oxygens (including phenoxy) is 1. The Morgan fingerprint density at radius 2 is 2.41 bits per heavy atom. The molecule has 0 aliphatic rings. The van der Waals surface area contributed by atoms with E-state index in [0.717, 1.165) is 16.4 Å². The molecule has 0 radical (unpaired) electrons. The van der Waals surface area contributed by atoms with Crippen LogP contribution in [0.5, 0.6) is 0 Å². The van der Waals surface area contributed by atoms with Crippen LogP contribution in [0.15, 0.2) is 17.9 Å². The number of carbonyl (C=O) groups is 1. The summed E-state index contributed by atoms with van der Waals surface area (Å²) in [4.78, 5) is 19.7. The predicted molar refractivity (Wildman–Crippen MR) is 64.7 cm³/mol. The second-order valence-electron chi connectivity index (χ2n) is 3.52. The van der Waals surface area contributed by atoms with E-state index in [1.165, 1.54) is 11.3 Å². The standard InChI is InChI=1S/C11H13N3O2S/c1-3-16-10(15)4-8-6-17-11(13-8)9-5-12-7-14(9)2/h5-7H,3-4H2,1-2H3. The fourth-order valence-electron chi connectivity index (χ4n) is 1.43. The minimum Gasteiger partial charge on any atom is -0.466 e. The molecule has 2 aromatic heterocycles. The Bertz CT molecular complexity index is 518. The molecule has 0 saturated heterocycles. The van der Waals surface area contributed by atoms with Gasteiger partial charge in [-0.05, 0) is 6.92 Å². The average Bonchev–Trinajstić information content (AvgIpc) is 2.87. The third kappa shape index (κ3) is 2.71. The number of hydrogen-bond acceptors (Lipinski definition) is 5. The molecule has 5 nitrogen and oxygen atoms in total. The number of rotatable bonds is 4. The molecule has 0 fully saturated rings. The van der Waals surface area contributed by atoms with Crippen molar-refractivity contribution < 1.29 is 9.53 Å². The van der Waals surface area contributed by atoms with E-state index in [1.807, 2.05) is 17.0 Å². The van der Waals surface area contributed by atoms with Crippen LogP contribution in [-0.2, 0) is 23.0 Å². The van der Waals surface area contributed by atoms with Crippen molar-refractivity contribution in [2.24, 2.45) is 7.05 Å². The first-order valence-corrected chi connectivity index (χ1v) is 6.15. The molecule has 90 valence electrons. The van der Waals surface area contributed by atoms with Gasteiger partial charge in [-0.2, -0.15) is 0 Å². The van der Waals surface area contributed by atoms with Crippen molar-refractivity contribution in [3.05, 3.63) is 23.6 Å². The van der Waals surface area contributed by atoms with Crippen molar-refractivity contribution in [2.75, 3.05) is 6.61 Å². The van der Waals surface area contributed by atoms with Gasteiger partial charge in [0.25, 0.3) is 0 Å². The van der Waals surface area contributed by atoms with Crippen molar-refractivity contribution in [3.8, 4) is 10.7 Å². The van der Waals surface area contributed by atoms with Crippen LogP contribution in [0, 0.1) is 0 Å². The summed E-state index contributed by atoms with van der Waals surface area (Å²) in [6.45, 7) is 2.19. The Kier molecular flexibility index (Phi) is 3.53. The lowest BCUT2D eigenvalue weighted by Crippen LogP contribution is -2.07. The molecular formula is C11H13N3O2S. The van der Waals surface area contributed by atoms with Crippen molar-refractivity contribution in [1.82, 2.24) is 14.5 Å². The molecule has 0 unspecified atom stereocenters. The predicted octanol–water partition coefficient (Wildman–Crippen LogP) is 1.65. The Hall–Kier alpha value is -1.69. The number of hydrogen-bond donors (Lipinski definition) is 0. The van der Waals surface area contributed by atoms with Crippen LogP contribution in [0.1, 0.15) is 12.6 Å². The van der Waals surface area contributed by atoms with Crippen molar-refractivity contribution in [1.29, 1.82) is 0 Å². The molecule has 0 N–H and O–H groups in total. The zero-order valence-electron chi connectivity index (χ0n) is 9.71. The highest BCUT2D eigenvalue weighted by Gasteiger charge is 2.11. The van der Waals surface area contributed by atoms with Gasteiger partial charge in [0.15, 0.2) is 0 Å². The van der Waals surface area contributed by atoms with Crippen molar-refractivity contribution in [2.45, 2.75) is 13.3 Å². The minimum atomic E-state index is -0.241. The van der Waals surface area contributed by atoms with Gasteiger partial charge >= 0.3 is 5.97 Å². The van der Waals surface area contributed by atoms with E-state index < -0.39 is 0 Å².